The number of pyridine rings is 1. The molecule has 13 heavy (non-hydrogen) atoms. The molecule has 1 aliphatic heterocycles. The molecule has 1 radical (unpaired) electrons. The number of fused-ring (bicyclic) bond motifs is 1. The first-order valence-electron chi connectivity index (χ1n) is 4.30. The normalized spacial score (nSPS) is 19.1. The van der Waals surface area contributed by atoms with Gasteiger partial charge in [-0.15, -0.1) is 0 Å². The Morgan fingerprint density at radius 1 is 1.46 bits per heavy atom. The van der Waals surface area contributed by atoms with Gasteiger partial charge in [0.05, 0.1) is 0 Å². The minimum Gasteiger partial charge on any atom is -0.273 e. The van der Waals surface area contributed by atoms with Crippen molar-refractivity contribution < 1.29 is 4.79 Å². The third kappa shape index (κ3) is 1.30. The molecule has 1 aromatic rings. The summed E-state index contributed by atoms with van der Waals surface area (Å²) in [4.78, 5) is 15.3. The number of nitrogens with zero attached hydrogens (tertiary/aromatic N) is 2. The summed E-state index contributed by atoms with van der Waals surface area (Å²) in [7, 11) is 0. The van der Waals surface area contributed by atoms with E-state index in [9.17, 15) is 4.79 Å². The largest absolute Gasteiger partial charge is 0.273 e. The lowest BCUT2D eigenvalue weighted by Gasteiger charge is -2.29. The molecule has 0 N–H and O–H groups in total. The first kappa shape index (κ1) is 8.23. The summed E-state index contributed by atoms with van der Waals surface area (Å²) in [6.45, 7) is 4.08. The number of carbonyl (C=O) groups is 1. The molecular weight excluding hydrogens is 164 g/mol. The van der Waals surface area contributed by atoms with E-state index < -0.39 is 0 Å². The molecule has 1 aromatic heterocycles. The lowest BCUT2D eigenvalue weighted by Crippen LogP contribution is -2.32. The van der Waals surface area contributed by atoms with Crippen molar-refractivity contribution in [1.29, 1.82) is 0 Å². The molecule has 2 rings (SSSR count). The van der Waals surface area contributed by atoms with Crippen LogP contribution in [0, 0.1) is 0 Å². The van der Waals surface area contributed by atoms with E-state index in [4.69, 9.17) is 0 Å². The highest BCUT2D eigenvalue weighted by Gasteiger charge is 2.33. The monoisotopic (exact) mass is 175 g/mol. The fraction of sp³-hybridized carbons (Fsp3) is 0.400. The molecule has 0 saturated heterocycles. The van der Waals surface area contributed by atoms with Crippen molar-refractivity contribution >= 4 is 11.7 Å². The first-order valence-corrected chi connectivity index (χ1v) is 4.30. The van der Waals surface area contributed by atoms with E-state index in [-0.39, 0.29) is 11.3 Å². The Hall–Kier alpha value is -1.38. The van der Waals surface area contributed by atoms with Gasteiger partial charge < -0.3 is 0 Å². The number of aromatic nitrogens is 1. The average Bonchev–Trinajstić information content (AvgIpc) is 2.02. The van der Waals surface area contributed by atoms with Gasteiger partial charge in [-0.25, -0.2) is 4.98 Å². The zero-order valence-electron chi connectivity index (χ0n) is 7.74. The molecule has 0 fully saturated rings. The summed E-state index contributed by atoms with van der Waals surface area (Å²) in [5.41, 5.74) is 0.942. The van der Waals surface area contributed by atoms with Gasteiger partial charge in [0.1, 0.15) is 0 Å². The van der Waals surface area contributed by atoms with Gasteiger partial charge in [-0.3, -0.25) is 4.79 Å². The fourth-order valence-corrected chi connectivity index (χ4v) is 1.65. The van der Waals surface area contributed by atoms with Crippen molar-refractivity contribution in [2.24, 2.45) is 0 Å². The van der Waals surface area contributed by atoms with Crippen LogP contribution in [0.25, 0.3) is 0 Å². The van der Waals surface area contributed by atoms with E-state index in [2.05, 4.69) is 10.3 Å². The fourth-order valence-electron chi connectivity index (χ4n) is 1.65. The summed E-state index contributed by atoms with van der Waals surface area (Å²) < 4.78 is 0. The summed E-state index contributed by atoms with van der Waals surface area (Å²) in [5, 5.41) is 3.89. The maximum absolute atomic E-state index is 11.2. The van der Waals surface area contributed by atoms with E-state index in [0.717, 1.165) is 5.56 Å². The molecule has 2 heterocycles. The minimum atomic E-state index is -0.123. The van der Waals surface area contributed by atoms with Crippen LogP contribution in [0.15, 0.2) is 18.3 Å². The smallest absolute Gasteiger partial charge is 0.248 e. The lowest BCUT2D eigenvalue weighted by atomic mass is 9.79. The van der Waals surface area contributed by atoms with Crippen molar-refractivity contribution in [1.82, 2.24) is 10.3 Å². The quantitative estimate of drug-likeness (QED) is 0.600. The zero-order chi connectivity index (χ0) is 9.47. The number of rotatable bonds is 0. The van der Waals surface area contributed by atoms with Crippen molar-refractivity contribution in [3.63, 3.8) is 0 Å². The Morgan fingerprint density at radius 2 is 2.23 bits per heavy atom. The van der Waals surface area contributed by atoms with Crippen LogP contribution in [0.3, 0.4) is 0 Å². The molecule has 0 atom stereocenters. The Morgan fingerprint density at radius 3 is 3.00 bits per heavy atom. The number of amides is 1. The number of hydrogen-bond donors (Lipinski definition) is 0. The highest BCUT2D eigenvalue weighted by atomic mass is 16.1. The molecular formula is C10H11N2O. The van der Waals surface area contributed by atoms with Gasteiger partial charge in [0.15, 0.2) is 5.82 Å². The van der Waals surface area contributed by atoms with Crippen LogP contribution >= 0.6 is 0 Å². The third-order valence-corrected chi connectivity index (χ3v) is 2.34. The molecule has 0 saturated carbocycles. The van der Waals surface area contributed by atoms with Crippen LogP contribution in [0.2, 0.25) is 0 Å². The zero-order valence-corrected chi connectivity index (χ0v) is 7.74. The highest BCUT2D eigenvalue weighted by Crippen LogP contribution is 2.35. The lowest BCUT2D eigenvalue weighted by molar-refractivity contribution is -0.121. The van der Waals surface area contributed by atoms with E-state index in [1.54, 1.807) is 6.20 Å². The maximum atomic E-state index is 11.2. The van der Waals surface area contributed by atoms with Gasteiger partial charge in [-0.1, -0.05) is 19.9 Å². The Bertz CT molecular complexity index is 358. The van der Waals surface area contributed by atoms with Crippen LogP contribution in [0.1, 0.15) is 25.8 Å². The third-order valence-electron chi connectivity index (χ3n) is 2.34. The molecule has 67 valence electrons. The second-order valence-electron chi connectivity index (χ2n) is 3.94. The Balaban J connectivity index is 2.56. The topological polar surface area (TPSA) is 44.1 Å². The van der Waals surface area contributed by atoms with E-state index >= 15 is 0 Å². The van der Waals surface area contributed by atoms with E-state index in [0.29, 0.717) is 12.2 Å². The van der Waals surface area contributed by atoms with E-state index in [1.165, 1.54) is 0 Å². The Labute approximate surface area is 77.2 Å². The molecule has 1 aliphatic rings. The van der Waals surface area contributed by atoms with Gasteiger partial charge in [0, 0.05) is 23.6 Å². The van der Waals surface area contributed by atoms with Crippen molar-refractivity contribution in [2.75, 3.05) is 0 Å². The van der Waals surface area contributed by atoms with Crippen LogP contribution in [-0.2, 0) is 10.2 Å². The van der Waals surface area contributed by atoms with Crippen LogP contribution < -0.4 is 5.32 Å². The van der Waals surface area contributed by atoms with Gasteiger partial charge in [0.25, 0.3) is 0 Å². The molecule has 0 unspecified atom stereocenters. The standard InChI is InChI=1S/C10H11N2O/c1-10(2)6-8(13)12-9-7(10)4-3-5-11-9/h3-5H,6H2,1-2H3. The van der Waals surface area contributed by atoms with E-state index in [1.807, 2.05) is 26.0 Å². The molecule has 0 bridgehead atoms. The highest BCUT2D eigenvalue weighted by molar-refractivity contribution is 5.84. The number of hydrogen-bond acceptors (Lipinski definition) is 2. The van der Waals surface area contributed by atoms with Gasteiger partial charge in [-0.05, 0) is 6.07 Å². The van der Waals surface area contributed by atoms with Crippen LogP contribution in [0.4, 0.5) is 5.82 Å². The Kier molecular flexibility index (Phi) is 1.62. The molecule has 1 amide bonds. The summed E-state index contributed by atoms with van der Waals surface area (Å²) in [6, 6.07) is 3.87. The maximum Gasteiger partial charge on any atom is 0.248 e. The average molecular weight is 175 g/mol. The predicted octanol–water partition coefficient (Wildman–Crippen LogP) is 1.53. The van der Waals surface area contributed by atoms with Crippen molar-refractivity contribution in [3.05, 3.63) is 23.9 Å². The van der Waals surface area contributed by atoms with Crippen LogP contribution in [0.5, 0.6) is 0 Å². The second kappa shape index (κ2) is 2.55. The summed E-state index contributed by atoms with van der Waals surface area (Å²) >= 11 is 0. The summed E-state index contributed by atoms with van der Waals surface area (Å²) in [5.74, 6) is 0.514. The predicted molar refractivity (Wildman–Crippen MR) is 48.7 cm³/mol. The SMILES string of the molecule is CC1(C)CC(=O)[N]c2ncccc21. The second-order valence-corrected chi connectivity index (χ2v) is 3.94. The number of carbonyl (C=O) groups excluding carboxylic acids is 1. The van der Waals surface area contributed by atoms with Crippen LogP contribution in [-0.4, -0.2) is 10.9 Å². The molecule has 3 nitrogen and oxygen atoms in total. The van der Waals surface area contributed by atoms with Gasteiger partial charge in [0.2, 0.25) is 5.91 Å². The van der Waals surface area contributed by atoms with Crippen molar-refractivity contribution in [3.8, 4) is 0 Å². The van der Waals surface area contributed by atoms with Gasteiger partial charge >= 0.3 is 0 Å². The first-order chi connectivity index (χ1) is 6.09. The van der Waals surface area contributed by atoms with Crippen molar-refractivity contribution in [2.45, 2.75) is 25.7 Å². The minimum absolute atomic E-state index is 0.0730. The molecule has 0 aromatic carbocycles. The van der Waals surface area contributed by atoms with Gasteiger partial charge in [-0.2, -0.15) is 5.32 Å². The molecule has 0 spiro atoms. The molecule has 0 aliphatic carbocycles. The molecule has 3 heteroatoms. The summed E-state index contributed by atoms with van der Waals surface area (Å²) in [6.07, 6.45) is 2.14.